The van der Waals surface area contributed by atoms with E-state index in [1.807, 2.05) is 24.9 Å². The minimum atomic E-state index is -3.33. The molecule has 0 saturated carbocycles. The first-order valence-corrected chi connectivity index (χ1v) is 9.40. The van der Waals surface area contributed by atoms with Gasteiger partial charge in [-0.2, -0.15) is 11.8 Å². The summed E-state index contributed by atoms with van der Waals surface area (Å²) in [5.74, 6) is 2.09. The number of sulfonamides is 1. The van der Waals surface area contributed by atoms with E-state index < -0.39 is 10.0 Å². The summed E-state index contributed by atoms with van der Waals surface area (Å²) in [6.07, 6.45) is 1.86. The molecule has 0 amide bonds. The van der Waals surface area contributed by atoms with Gasteiger partial charge in [0.25, 0.3) is 0 Å². The molecule has 1 aromatic heterocycles. The largest absolute Gasteiger partial charge is 0.315 e. The first kappa shape index (κ1) is 14.3. The minimum Gasteiger partial charge on any atom is -0.315 e. The smallest absolute Gasteiger partial charge is 0.250 e. The SMILES string of the molecule is CNCc1ccc(S(=O)(=O)NC2CCSCC2)s1. The molecule has 102 valence electrons. The second kappa shape index (κ2) is 6.38. The molecule has 2 rings (SSSR count). The molecule has 0 spiro atoms. The number of thiophene rings is 1. The van der Waals surface area contributed by atoms with Crippen LogP contribution in [-0.2, 0) is 16.6 Å². The van der Waals surface area contributed by atoms with Crippen molar-refractivity contribution in [2.45, 2.75) is 29.6 Å². The molecule has 1 saturated heterocycles. The molecule has 0 aromatic carbocycles. The van der Waals surface area contributed by atoms with Gasteiger partial charge in [0.1, 0.15) is 4.21 Å². The average Bonchev–Trinajstić information content (AvgIpc) is 2.80. The van der Waals surface area contributed by atoms with Crippen molar-refractivity contribution in [3.8, 4) is 0 Å². The molecule has 4 nitrogen and oxygen atoms in total. The molecule has 7 heteroatoms. The van der Waals surface area contributed by atoms with Crippen LogP contribution in [0.4, 0.5) is 0 Å². The molecule has 0 aliphatic carbocycles. The molecule has 1 aromatic rings. The lowest BCUT2D eigenvalue weighted by Gasteiger charge is -2.21. The molecule has 2 heterocycles. The van der Waals surface area contributed by atoms with Gasteiger partial charge in [-0.1, -0.05) is 0 Å². The summed E-state index contributed by atoms with van der Waals surface area (Å²) in [5.41, 5.74) is 0. The Bertz CT molecular complexity index is 478. The Balaban J connectivity index is 2.04. The second-order valence-electron chi connectivity index (χ2n) is 4.26. The van der Waals surface area contributed by atoms with Crippen LogP contribution >= 0.6 is 23.1 Å². The van der Waals surface area contributed by atoms with E-state index >= 15 is 0 Å². The summed E-state index contributed by atoms with van der Waals surface area (Å²) in [5, 5.41) is 3.02. The lowest BCUT2D eigenvalue weighted by atomic mass is 10.2. The number of thioether (sulfide) groups is 1. The number of hydrogen-bond acceptors (Lipinski definition) is 5. The van der Waals surface area contributed by atoms with Crippen molar-refractivity contribution in [2.24, 2.45) is 0 Å². The zero-order chi connectivity index (χ0) is 13.0. The van der Waals surface area contributed by atoms with E-state index in [4.69, 9.17) is 0 Å². The van der Waals surface area contributed by atoms with E-state index in [9.17, 15) is 8.42 Å². The summed E-state index contributed by atoms with van der Waals surface area (Å²) in [6.45, 7) is 0.709. The van der Waals surface area contributed by atoms with Crippen molar-refractivity contribution in [3.05, 3.63) is 17.0 Å². The van der Waals surface area contributed by atoms with Gasteiger partial charge in [0, 0.05) is 17.5 Å². The topological polar surface area (TPSA) is 58.2 Å². The van der Waals surface area contributed by atoms with Crippen molar-refractivity contribution in [1.29, 1.82) is 0 Å². The molecule has 0 unspecified atom stereocenters. The van der Waals surface area contributed by atoms with Crippen molar-refractivity contribution in [3.63, 3.8) is 0 Å². The van der Waals surface area contributed by atoms with E-state index in [1.54, 1.807) is 6.07 Å². The summed E-state index contributed by atoms with van der Waals surface area (Å²) in [6, 6.07) is 3.66. The number of nitrogens with one attached hydrogen (secondary N) is 2. The number of hydrogen-bond donors (Lipinski definition) is 2. The van der Waals surface area contributed by atoms with E-state index in [-0.39, 0.29) is 6.04 Å². The van der Waals surface area contributed by atoms with Crippen molar-refractivity contribution in [1.82, 2.24) is 10.0 Å². The van der Waals surface area contributed by atoms with E-state index in [0.717, 1.165) is 29.2 Å². The highest BCUT2D eigenvalue weighted by Crippen LogP contribution is 2.24. The van der Waals surface area contributed by atoms with Crippen LogP contribution in [0.15, 0.2) is 16.3 Å². The van der Waals surface area contributed by atoms with Crippen LogP contribution in [0.2, 0.25) is 0 Å². The minimum absolute atomic E-state index is 0.103. The maximum atomic E-state index is 12.2. The maximum Gasteiger partial charge on any atom is 0.250 e. The first-order chi connectivity index (χ1) is 8.62. The molecule has 0 radical (unpaired) electrons. The van der Waals surface area contributed by atoms with Gasteiger partial charge in [-0.25, -0.2) is 13.1 Å². The van der Waals surface area contributed by atoms with Gasteiger partial charge in [-0.3, -0.25) is 0 Å². The van der Waals surface area contributed by atoms with Crippen LogP contribution in [0.1, 0.15) is 17.7 Å². The Kier molecular flexibility index (Phi) is 5.08. The third-order valence-corrected chi connectivity index (χ3v) is 6.94. The van der Waals surface area contributed by atoms with Crippen LogP contribution in [0.3, 0.4) is 0 Å². The third kappa shape index (κ3) is 3.71. The lowest BCUT2D eigenvalue weighted by molar-refractivity contribution is 0.530. The van der Waals surface area contributed by atoms with Gasteiger partial charge >= 0.3 is 0 Å². The highest BCUT2D eigenvalue weighted by Gasteiger charge is 2.23. The molecule has 2 N–H and O–H groups in total. The summed E-state index contributed by atoms with van der Waals surface area (Å²) >= 11 is 3.23. The normalized spacial score (nSPS) is 18.1. The predicted molar refractivity (Wildman–Crippen MR) is 77.8 cm³/mol. The van der Waals surface area contributed by atoms with Crippen LogP contribution in [-0.4, -0.2) is 33.0 Å². The van der Waals surface area contributed by atoms with Crippen LogP contribution in [0.5, 0.6) is 0 Å². The highest BCUT2D eigenvalue weighted by molar-refractivity contribution is 7.99. The lowest BCUT2D eigenvalue weighted by Crippen LogP contribution is -2.36. The van der Waals surface area contributed by atoms with E-state index in [1.165, 1.54) is 11.3 Å². The number of rotatable bonds is 5. The fourth-order valence-corrected chi connectivity index (χ4v) is 5.66. The van der Waals surface area contributed by atoms with Gasteiger partial charge in [0.15, 0.2) is 0 Å². The fraction of sp³-hybridized carbons (Fsp3) is 0.636. The average molecular weight is 306 g/mol. The molecule has 1 fully saturated rings. The van der Waals surface area contributed by atoms with Crippen LogP contribution in [0, 0.1) is 0 Å². The van der Waals surface area contributed by atoms with Gasteiger partial charge in [0.2, 0.25) is 10.0 Å². The molecule has 0 atom stereocenters. The predicted octanol–water partition coefficient (Wildman–Crippen LogP) is 1.64. The summed E-state index contributed by atoms with van der Waals surface area (Å²) in [7, 11) is -1.47. The quantitative estimate of drug-likeness (QED) is 0.868. The fourth-order valence-electron chi connectivity index (χ4n) is 1.86. The zero-order valence-corrected chi connectivity index (χ0v) is 12.8. The second-order valence-corrected chi connectivity index (χ2v) is 8.59. The van der Waals surface area contributed by atoms with Gasteiger partial charge in [-0.15, -0.1) is 11.3 Å². The Morgan fingerprint density at radius 1 is 1.33 bits per heavy atom. The third-order valence-electron chi connectivity index (χ3n) is 2.80. The summed E-state index contributed by atoms with van der Waals surface area (Å²) < 4.78 is 27.6. The van der Waals surface area contributed by atoms with Gasteiger partial charge in [-0.05, 0) is 43.5 Å². The maximum absolute atomic E-state index is 12.2. The van der Waals surface area contributed by atoms with Gasteiger partial charge in [0.05, 0.1) is 0 Å². The van der Waals surface area contributed by atoms with Crippen molar-refractivity contribution < 1.29 is 8.42 Å². The molecular formula is C11H18N2O2S3. The Morgan fingerprint density at radius 3 is 2.72 bits per heavy atom. The highest BCUT2D eigenvalue weighted by atomic mass is 32.2. The van der Waals surface area contributed by atoms with Crippen molar-refractivity contribution in [2.75, 3.05) is 18.6 Å². The van der Waals surface area contributed by atoms with Crippen molar-refractivity contribution >= 4 is 33.1 Å². The first-order valence-electron chi connectivity index (χ1n) is 5.95. The summed E-state index contributed by atoms with van der Waals surface area (Å²) in [4.78, 5) is 1.04. The molecule has 1 aliphatic rings. The van der Waals surface area contributed by atoms with Gasteiger partial charge < -0.3 is 5.32 Å². The molecule has 1 aliphatic heterocycles. The monoisotopic (exact) mass is 306 g/mol. The standard InChI is InChI=1S/C11H18N2O2S3/c1-12-8-10-2-3-11(17-10)18(14,15)13-9-4-6-16-7-5-9/h2-3,9,12-13H,4-8H2,1H3. The zero-order valence-electron chi connectivity index (χ0n) is 10.3. The molecule has 18 heavy (non-hydrogen) atoms. The van der Waals surface area contributed by atoms with Crippen LogP contribution < -0.4 is 10.0 Å². The van der Waals surface area contributed by atoms with E-state index in [0.29, 0.717) is 10.8 Å². The molecular weight excluding hydrogens is 288 g/mol. The van der Waals surface area contributed by atoms with Crippen LogP contribution in [0.25, 0.3) is 0 Å². The Labute approximate surface area is 117 Å². The Morgan fingerprint density at radius 2 is 2.06 bits per heavy atom. The molecule has 0 bridgehead atoms. The van der Waals surface area contributed by atoms with E-state index in [2.05, 4.69) is 10.0 Å². The Hall–Kier alpha value is -0.0800.